The van der Waals surface area contributed by atoms with E-state index in [1.165, 1.54) is 18.7 Å². The van der Waals surface area contributed by atoms with Crippen molar-refractivity contribution in [1.82, 2.24) is 0 Å². The van der Waals surface area contributed by atoms with Crippen molar-refractivity contribution in [2.75, 3.05) is 5.75 Å². The van der Waals surface area contributed by atoms with Crippen molar-refractivity contribution in [3.05, 3.63) is 0 Å². The van der Waals surface area contributed by atoms with E-state index in [0.717, 1.165) is 0 Å². The van der Waals surface area contributed by atoms with Gasteiger partial charge in [0.1, 0.15) is 5.78 Å². The van der Waals surface area contributed by atoms with E-state index in [2.05, 4.69) is 0 Å². The van der Waals surface area contributed by atoms with E-state index in [-0.39, 0.29) is 11.0 Å². The van der Waals surface area contributed by atoms with E-state index in [1.807, 2.05) is 0 Å². The number of ketones is 1. The van der Waals surface area contributed by atoms with Crippen LogP contribution in [0.2, 0.25) is 0 Å². The summed E-state index contributed by atoms with van der Waals surface area (Å²) >= 11 is 1.20. The fraction of sp³-hybridized carbons (Fsp3) is 0.600. The number of nitrogens with one attached hydrogen (secondary N) is 1. The highest BCUT2D eigenvalue weighted by Gasteiger charge is 1.93. The molecule has 0 unspecified atom stereocenters. The van der Waals surface area contributed by atoms with Gasteiger partial charge >= 0.3 is 0 Å². The predicted molar refractivity (Wildman–Crippen MR) is 39.7 cm³/mol. The van der Waals surface area contributed by atoms with Gasteiger partial charge in [-0.25, -0.2) is 0 Å². The number of nitrogens with two attached hydrogens (primary N) is 1. The maximum Gasteiger partial charge on any atom is 0.151 e. The number of hydrogen-bond acceptors (Lipinski definition) is 3. The van der Waals surface area contributed by atoms with Gasteiger partial charge in [-0.2, -0.15) is 0 Å². The van der Waals surface area contributed by atoms with Gasteiger partial charge in [-0.3, -0.25) is 10.2 Å². The van der Waals surface area contributed by atoms with Crippen LogP contribution < -0.4 is 5.73 Å². The first-order valence-corrected chi connectivity index (χ1v) is 3.57. The topological polar surface area (TPSA) is 66.9 Å². The van der Waals surface area contributed by atoms with Crippen molar-refractivity contribution in [2.45, 2.75) is 13.3 Å². The molecule has 0 saturated heterocycles. The van der Waals surface area contributed by atoms with Crippen LogP contribution in [0.5, 0.6) is 0 Å². The monoisotopic (exact) mass is 146 g/mol. The Balaban J connectivity index is 3.10. The number of hydrogen-bond donors (Lipinski definition) is 2. The normalized spacial score (nSPS) is 9.00. The fourth-order valence-corrected chi connectivity index (χ4v) is 0.914. The smallest absolute Gasteiger partial charge is 0.151 e. The summed E-state index contributed by atoms with van der Waals surface area (Å²) in [5, 5.41) is 6.85. The van der Waals surface area contributed by atoms with Crippen LogP contribution in [0.3, 0.4) is 0 Å². The summed E-state index contributed by atoms with van der Waals surface area (Å²) in [4.78, 5) is 10.3. The SMILES string of the molecule is CC(=O)CCSC(=N)N. The summed E-state index contributed by atoms with van der Waals surface area (Å²) in [5.74, 6) is 0.772. The summed E-state index contributed by atoms with van der Waals surface area (Å²) in [6.07, 6.45) is 0.504. The van der Waals surface area contributed by atoms with Crippen molar-refractivity contribution in [3.63, 3.8) is 0 Å². The number of carbonyl (C=O) groups excluding carboxylic acids is 1. The Morgan fingerprint density at radius 2 is 2.33 bits per heavy atom. The molecule has 0 rings (SSSR count). The van der Waals surface area contributed by atoms with Crippen LogP contribution in [0.4, 0.5) is 0 Å². The molecule has 3 nitrogen and oxygen atoms in total. The Kier molecular flexibility index (Phi) is 4.13. The summed E-state index contributed by atoms with van der Waals surface area (Å²) in [6.45, 7) is 1.53. The average molecular weight is 146 g/mol. The largest absolute Gasteiger partial charge is 0.379 e. The zero-order valence-electron chi connectivity index (χ0n) is 5.31. The number of amidine groups is 1. The second-order valence-electron chi connectivity index (χ2n) is 1.66. The lowest BCUT2D eigenvalue weighted by Gasteiger charge is -1.93. The minimum Gasteiger partial charge on any atom is -0.379 e. The molecular weight excluding hydrogens is 136 g/mol. The lowest BCUT2D eigenvalue weighted by atomic mass is 10.4. The second kappa shape index (κ2) is 4.38. The number of Topliss-reactive ketones (excluding diaryl/α,β-unsaturated/α-hetero) is 1. The molecule has 9 heavy (non-hydrogen) atoms. The lowest BCUT2D eigenvalue weighted by Crippen LogP contribution is -2.05. The summed E-state index contributed by atoms with van der Waals surface area (Å²) in [5.41, 5.74) is 5.01. The van der Waals surface area contributed by atoms with Crippen molar-refractivity contribution >= 4 is 22.7 Å². The minimum atomic E-state index is 0.0799. The van der Waals surface area contributed by atoms with E-state index in [9.17, 15) is 4.79 Å². The Morgan fingerprint density at radius 3 is 2.67 bits per heavy atom. The van der Waals surface area contributed by atoms with E-state index in [4.69, 9.17) is 11.1 Å². The molecule has 0 radical (unpaired) electrons. The van der Waals surface area contributed by atoms with Crippen LogP contribution in [-0.2, 0) is 4.79 Å². The van der Waals surface area contributed by atoms with Crippen molar-refractivity contribution in [1.29, 1.82) is 5.41 Å². The first-order chi connectivity index (χ1) is 4.13. The highest BCUT2D eigenvalue weighted by molar-refractivity contribution is 8.13. The van der Waals surface area contributed by atoms with Gasteiger partial charge in [-0.15, -0.1) is 0 Å². The number of thioether (sulfide) groups is 1. The minimum absolute atomic E-state index is 0.0799. The van der Waals surface area contributed by atoms with Gasteiger partial charge in [-0.1, -0.05) is 11.8 Å². The molecule has 0 aliphatic carbocycles. The van der Waals surface area contributed by atoms with Gasteiger partial charge in [0.15, 0.2) is 5.17 Å². The molecule has 52 valence electrons. The van der Waals surface area contributed by atoms with Crippen molar-refractivity contribution < 1.29 is 4.79 Å². The molecule has 0 fully saturated rings. The highest BCUT2D eigenvalue weighted by Crippen LogP contribution is 1.99. The first-order valence-electron chi connectivity index (χ1n) is 2.59. The van der Waals surface area contributed by atoms with Crippen molar-refractivity contribution in [2.24, 2.45) is 5.73 Å². The van der Waals surface area contributed by atoms with E-state index in [1.54, 1.807) is 0 Å². The van der Waals surface area contributed by atoms with Crippen LogP contribution in [0, 0.1) is 5.41 Å². The molecule has 0 aromatic rings. The molecule has 3 N–H and O–H groups in total. The quantitative estimate of drug-likeness (QED) is 0.452. The molecule has 0 saturated carbocycles. The molecular formula is C5H10N2OS. The van der Waals surface area contributed by atoms with Crippen molar-refractivity contribution in [3.8, 4) is 0 Å². The van der Waals surface area contributed by atoms with Gasteiger partial charge in [0, 0.05) is 12.2 Å². The highest BCUT2D eigenvalue weighted by atomic mass is 32.2. The van der Waals surface area contributed by atoms with Crippen LogP contribution >= 0.6 is 11.8 Å². The fourth-order valence-electron chi connectivity index (χ4n) is 0.305. The Morgan fingerprint density at radius 1 is 1.78 bits per heavy atom. The number of rotatable bonds is 3. The third-order valence-electron chi connectivity index (χ3n) is 0.712. The Hall–Kier alpha value is -0.510. The van der Waals surface area contributed by atoms with Gasteiger partial charge < -0.3 is 5.73 Å². The third kappa shape index (κ3) is 7.49. The Bertz CT molecular complexity index is 110. The molecule has 0 aromatic heterocycles. The standard InChI is InChI=1S/C5H10N2OS/c1-4(8)2-3-9-5(6)7/h2-3H2,1H3,(H3,6,7). The Labute approximate surface area is 58.5 Å². The van der Waals surface area contributed by atoms with Crippen LogP contribution in [-0.4, -0.2) is 16.7 Å². The van der Waals surface area contributed by atoms with Gasteiger partial charge in [-0.05, 0) is 6.92 Å². The lowest BCUT2D eigenvalue weighted by molar-refractivity contribution is -0.116. The third-order valence-corrected chi connectivity index (χ3v) is 1.43. The molecule has 0 atom stereocenters. The second-order valence-corrected chi connectivity index (χ2v) is 2.80. The van der Waals surface area contributed by atoms with Gasteiger partial charge in [0.25, 0.3) is 0 Å². The summed E-state index contributed by atoms with van der Waals surface area (Å²) in [7, 11) is 0. The summed E-state index contributed by atoms with van der Waals surface area (Å²) < 4.78 is 0. The number of carbonyl (C=O) groups is 1. The molecule has 0 spiro atoms. The zero-order valence-corrected chi connectivity index (χ0v) is 6.12. The van der Waals surface area contributed by atoms with E-state index >= 15 is 0 Å². The molecule has 0 amide bonds. The van der Waals surface area contributed by atoms with Gasteiger partial charge in [0.2, 0.25) is 0 Å². The molecule has 0 bridgehead atoms. The van der Waals surface area contributed by atoms with Gasteiger partial charge in [0.05, 0.1) is 0 Å². The molecule has 0 aromatic carbocycles. The van der Waals surface area contributed by atoms with E-state index < -0.39 is 0 Å². The van der Waals surface area contributed by atoms with Crippen LogP contribution in [0.25, 0.3) is 0 Å². The first kappa shape index (κ1) is 8.49. The molecule has 0 aliphatic rings. The molecule has 0 heterocycles. The maximum absolute atomic E-state index is 10.3. The average Bonchev–Trinajstić information content (AvgIpc) is 1.63. The maximum atomic E-state index is 10.3. The zero-order chi connectivity index (χ0) is 7.28. The molecule has 4 heteroatoms. The molecule has 0 aliphatic heterocycles. The predicted octanol–water partition coefficient (Wildman–Crippen LogP) is 0.592. The van der Waals surface area contributed by atoms with E-state index in [0.29, 0.717) is 12.2 Å². The summed E-state index contributed by atoms with van der Waals surface area (Å²) in [6, 6.07) is 0. The van der Waals surface area contributed by atoms with Crippen LogP contribution in [0.15, 0.2) is 0 Å². The van der Waals surface area contributed by atoms with Crippen LogP contribution in [0.1, 0.15) is 13.3 Å².